The molecule has 0 bridgehead atoms. The fourth-order valence-corrected chi connectivity index (χ4v) is 5.40. The van der Waals surface area contributed by atoms with E-state index in [0.717, 1.165) is 37.4 Å². The van der Waals surface area contributed by atoms with Crippen LogP contribution in [-0.2, 0) is 19.1 Å². The average molecular weight is 506 g/mol. The number of carbonyl (C=O) groups excluding carboxylic acids is 3. The number of amides is 2. The van der Waals surface area contributed by atoms with Crippen molar-refractivity contribution in [3.8, 4) is 11.8 Å². The lowest BCUT2D eigenvalue weighted by atomic mass is 9.78. The first-order chi connectivity index (χ1) is 16.4. The molecule has 1 fully saturated rings. The normalized spacial score (nSPS) is 20.8. The SMILES string of the molecule is CCOc1ccc([C@H]2C(C#N)=C(SCC(=O)N3CCCCCC3)NC(=O)[C@@H]2C(=O)OC)cc1Cl. The molecule has 10 heteroatoms. The molecular weight excluding hydrogens is 478 g/mol. The van der Waals surface area contributed by atoms with Gasteiger partial charge in [0.2, 0.25) is 11.8 Å². The zero-order valence-electron chi connectivity index (χ0n) is 19.3. The van der Waals surface area contributed by atoms with Gasteiger partial charge in [0.05, 0.1) is 41.2 Å². The van der Waals surface area contributed by atoms with E-state index in [1.807, 2.05) is 11.8 Å². The molecule has 8 nitrogen and oxygen atoms in total. The van der Waals surface area contributed by atoms with Crippen molar-refractivity contribution in [1.29, 1.82) is 5.26 Å². The van der Waals surface area contributed by atoms with E-state index in [4.69, 9.17) is 21.1 Å². The van der Waals surface area contributed by atoms with Gasteiger partial charge < -0.3 is 19.7 Å². The van der Waals surface area contributed by atoms with Crippen molar-refractivity contribution in [2.45, 2.75) is 38.5 Å². The number of ether oxygens (including phenoxy) is 2. The van der Waals surface area contributed by atoms with Gasteiger partial charge in [0.15, 0.2) is 0 Å². The van der Waals surface area contributed by atoms with E-state index < -0.39 is 23.7 Å². The van der Waals surface area contributed by atoms with Gasteiger partial charge in [-0.1, -0.05) is 42.3 Å². The minimum Gasteiger partial charge on any atom is -0.492 e. The van der Waals surface area contributed by atoms with Gasteiger partial charge in [-0.3, -0.25) is 14.4 Å². The molecule has 0 spiro atoms. The lowest BCUT2D eigenvalue weighted by Gasteiger charge is -2.31. The average Bonchev–Trinajstić information content (AvgIpc) is 3.12. The second-order valence-electron chi connectivity index (χ2n) is 8.03. The molecule has 0 unspecified atom stereocenters. The van der Waals surface area contributed by atoms with Crippen LogP contribution >= 0.6 is 23.4 Å². The van der Waals surface area contributed by atoms with Crippen molar-refractivity contribution < 1.29 is 23.9 Å². The molecule has 2 aliphatic rings. The van der Waals surface area contributed by atoms with Crippen molar-refractivity contribution in [3.05, 3.63) is 39.4 Å². The van der Waals surface area contributed by atoms with Crippen molar-refractivity contribution in [3.63, 3.8) is 0 Å². The Kier molecular flexibility index (Phi) is 9.25. The fourth-order valence-electron chi connectivity index (χ4n) is 4.21. The lowest BCUT2D eigenvalue weighted by molar-refractivity contribution is -0.150. The molecule has 1 N–H and O–H groups in total. The van der Waals surface area contributed by atoms with E-state index in [-0.39, 0.29) is 22.3 Å². The molecule has 2 heterocycles. The minimum atomic E-state index is -1.26. The summed E-state index contributed by atoms with van der Waals surface area (Å²) >= 11 is 7.46. The molecule has 2 atom stereocenters. The Morgan fingerprint density at radius 3 is 2.56 bits per heavy atom. The van der Waals surface area contributed by atoms with Crippen LogP contribution in [0.2, 0.25) is 5.02 Å². The second-order valence-corrected chi connectivity index (χ2v) is 9.42. The molecule has 2 aliphatic heterocycles. The molecule has 34 heavy (non-hydrogen) atoms. The number of likely N-dealkylation sites (tertiary alicyclic amines) is 1. The zero-order chi connectivity index (χ0) is 24.7. The van der Waals surface area contributed by atoms with Gasteiger partial charge in [-0.05, 0) is 37.5 Å². The van der Waals surface area contributed by atoms with Gasteiger partial charge in [0.25, 0.3) is 0 Å². The Labute approximate surface area is 208 Å². The number of hydrogen-bond acceptors (Lipinski definition) is 7. The molecule has 2 amide bonds. The van der Waals surface area contributed by atoms with Crippen LogP contribution in [0.15, 0.2) is 28.8 Å². The smallest absolute Gasteiger partial charge is 0.319 e. The Balaban J connectivity index is 1.93. The van der Waals surface area contributed by atoms with E-state index in [2.05, 4.69) is 11.4 Å². The maximum Gasteiger partial charge on any atom is 0.319 e. The quantitative estimate of drug-likeness (QED) is 0.445. The first-order valence-corrected chi connectivity index (χ1v) is 12.6. The van der Waals surface area contributed by atoms with E-state index in [1.54, 1.807) is 18.2 Å². The molecular formula is C24H28ClN3O5S. The van der Waals surface area contributed by atoms with Crippen molar-refractivity contribution in [2.24, 2.45) is 5.92 Å². The zero-order valence-corrected chi connectivity index (χ0v) is 20.8. The standard InChI is InChI=1S/C24H28ClN3O5S/c1-3-33-18-9-8-15(12-17(18)25)20-16(13-26)23(27-22(30)21(20)24(31)32-2)34-14-19(29)28-10-6-4-5-7-11-28/h8-9,12,20-21H,3-7,10-11,14H2,1-2H3,(H,27,30)/t20-,21+/m0/s1. The number of esters is 1. The topological polar surface area (TPSA) is 109 Å². The summed E-state index contributed by atoms with van der Waals surface area (Å²) in [5.74, 6) is -3.02. The number of nitrogens with one attached hydrogen (secondary N) is 1. The van der Waals surface area contributed by atoms with Gasteiger partial charge in [-0.2, -0.15) is 5.26 Å². The number of thioether (sulfide) groups is 1. The van der Waals surface area contributed by atoms with Gasteiger partial charge in [-0.25, -0.2) is 0 Å². The Hall–Kier alpha value is -2.70. The Morgan fingerprint density at radius 2 is 1.97 bits per heavy atom. The number of halogens is 1. The summed E-state index contributed by atoms with van der Waals surface area (Å²) < 4.78 is 10.3. The van der Waals surface area contributed by atoms with Crippen molar-refractivity contribution in [2.75, 3.05) is 32.6 Å². The summed E-state index contributed by atoms with van der Waals surface area (Å²) in [6.45, 7) is 3.68. The Bertz CT molecular complexity index is 1010. The van der Waals surface area contributed by atoms with Gasteiger partial charge in [0, 0.05) is 19.0 Å². The summed E-state index contributed by atoms with van der Waals surface area (Å²) in [6, 6.07) is 7.06. The number of rotatable bonds is 7. The molecule has 1 aromatic rings. The van der Waals surface area contributed by atoms with Crippen LogP contribution in [0, 0.1) is 17.2 Å². The molecule has 1 saturated heterocycles. The van der Waals surface area contributed by atoms with Crippen molar-refractivity contribution in [1.82, 2.24) is 10.2 Å². The first-order valence-electron chi connectivity index (χ1n) is 11.3. The van der Waals surface area contributed by atoms with Crippen LogP contribution in [0.1, 0.15) is 44.1 Å². The fraction of sp³-hybridized carbons (Fsp3) is 0.500. The summed E-state index contributed by atoms with van der Waals surface area (Å²) in [4.78, 5) is 40.1. The highest BCUT2D eigenvalue weighted by molar-refractivity contribution is 8.03. The highest BCUT2D eigenvalue weighted by Crippen LogP contribution is 2.42. The number of carbonyl (C=O) groups is 3. The van der Waals surface area contributed by atoms with E-state index in [1.165, 1.54) is 7.11 Å². The number of nitrogens with zero attached hydrogens (tertiary/aromatic N) is 2. The number of allylic oxidation sites excluding steroid dienone is 1. The van der Waals surface area contributed by atoms with E-state index in [0.29, 0.717) is 36.0 Å². The molecule has 0 saturated carbocycles. The molecule has 0 aromatic heterocycles. The van der Waals surface area contributed by atoms with E-state index in [9.17, 15) is 19.6 Å². The number of nitriles is 1. The van der Waals surface area contributed by atoms with Crippen LogP contribution in [-0.4, -0.2) is 55.2 Å². The predicted octanol–water partition coefficient (Wildman–Crippen LogP) is 3.61. The summed E-state index contributed by atoms with van der Waals surface area (Å²) in [5.41, 5.74) is 0.691. The van der Waals surface area contributed by atoms with Gasteiger partial charge in [0.1, 0.15) is 11.7 Å². The number of hydrogen-bond donors (Lipinski definition) is 1. The molecule has 182 valence electrons. The third-order valence-corrected chi connectivity index (χ3v) is 7.19. The minimum absolute atomic E-state index is 0.0401. The maximum atomic E-state index is 13.0. The highest BCUT2D eigenvalue weighted by Gasteiger charge is 2.44. The number of benzene rings is 1. The Morgan fingerprint density at radius 1 is 1.26 bits per heavy atom. The lowest BCUT2D eigenvalue weighted by Crippen LogP contribution is -2.44. The molecule has 3 rings (SSSR count). The summed E-state index contributed by atoms with van der Waals surface area (Å²) in [5, 5.41) is 13.3. The third kappa shape index (κ3) is 5.86. The van der Waals surface area contributed by atoms with Crippen LogP contribution in [0.25, 0.3) is 0 Å². The van der Waals surface area contributed by atoms with Crippen LogP contribution in [0.4, 0.5) is 0 Å². The largest absolute Gasteiger partial charge is 0.492 e. The monoisotopic (exact) mass is 505 g/mol. The highest BCUT2D eigenvalue weighted by atomic mass is 35.5. The maximum absolute atomic E-state index is 13.0. The molecule has 1 aromatic carbocycles. The molecule has 0 aliphatic carbocycles. The first kappa shape index (κ1) is 25.9. The van der Waals surface area contributed by atoms with Gasteiger partial charge >= 0.3 is 5.97 Å². The van der Waals surface area contributed by atoms with E-state index >= 15 is 0 Å². The summed E-state index contributed by atoms with van der Waals surface area (Å²) in [6.07, 6.45) is 4.16. The molecule has 0 radical (unpaired) electrons. The summed E-state index contributed by atoms with van der Waals surface area (Å²) in [7, 11) is 1.19. The third-order valence-electron chi connectivity index (χ3n) is 5.90. The predicted molar refractivity (Wildman–Crippen MR) is 129 cm³/mol. The van der Waals surface area contributed by atoms with Crippen molar-refractivity contribution >= 4 is 41.1 Å². The second kappa shape index (κ2) is 12.1. The van der Waals surface area contributed by atoms with Crippen LogP contribution in [0.5, 0.6) is 5.75 Å². The van der Waals surface area contributed by atoms with Gasteiger partial charge in [-0.15, -0.1) is 0 Å². The van der Waals surface area contributed by atoms with Crippen LogP contribution in [0.3, 0.4) is 0 Å². The number of methoxy groups -OCH3 is 1. The van der Waals surface area contributed by atoms with Crippen LogP contribution < -0.4 is 10.1 Å².